The number of anilines is 2. The van der Waals surface area contributed by atoms with Crippen LogP contribution in [-0.2, 0) is 32.2 Å². The van der Waals surface area contributed by atoms with Crippen molar-refractivity contribution in [2.24, 2.45) is 5.73 Å². The summed E-state index contributed by atoms with van der Waals surface area (Å²) in [6.07, 6.45) is 5.50. The summed E-state index contributed by atoms with van der Waals surface area (Å²) >= 11 is 12.0. The van der Waals surface area contributed by atoms with E-state index in [0.29, 0.717) is 98.0 Å². The minimum Gasteiger partial charge on any atom is -0.444 e. The number of halogens is 4. The van der Waals surface area contributed by atoms with Gasteiger partial charge in [-0.15, -0.1) is 0 Å². The Balaban J connectivity index is 0.000000219. The average molecular weight is 1070 g/mol. The maximum Gasteiger partial charge on any atom is 0.410 e. The lowest BCUT2D eigenvalue weighted by atomic mass is 9.99. The van der Waals surface area contributed by atoms with Crippen LogP contribution in [0.2, 0.25) is 10.0 Å². The minimum absolute atomic E-state index is 0.135. The van der Waals surface area contributed by atoms with E-state index in [0.717, 1.165) is 11.1 Å². The molecule has 4 aromatic carbocycles. The van der Waals surface area contributed by atoms with E-state index < -0.39 is 23.3 Å². The van der Waals surface area contributed by atoms with Crippen LogP contribution in [0.1, 0.15) is 63.8 Å². The fraction of sp³-hybridized carbons (Fsp3) is 0.400. The molecule has 0 aromatic heterocycles. The normalized spacial score (nSPS) is 20.1. The van der Waals surface area contributed by atoms with Crippen LogP contribution < -0.4 is 16.8 Å². The second kappa shape index (κ2) is 23.9. The molecule has 0 saturated carbocycles. The van der Waals surface area contributed by atoms with E-state index in [1.807, 2.05) is 51.3 Å². The van der Waals surface area contributed by atoms with Gasteiger partial charge in [0.05, 0.1) is 29.9 Å². The van der Waals surface area contributed by atoms with Gasteiger partial charge in [0.1, 0.15) is 22.8 Å². The third-order valence-corrected chi connectivity index (χ3v) is 13.2. The Kier molecular flexibility index (Phi) is 17.8. The van der Waals surface area contributed by atoms with Crippen molar-refractivity contribution in [3.8, 4) is 0 Å². The molecule has 4 saturated heterocycles. The van der Waals surface area contributed by atoms with Crippen LogP contribution in [0, 0.1) is 11.6 Å². The molecule has 75 heavy (non-hydrogen) atoms. The lowest BCUT2D eigenvalue weighted by molar-refractivity contribution is -0.141. The topological polar surface area (TPSA) is 187 Å². The monoisotopic (exact) mass is 1070 g/mol. The van der Waals surface area contributed by atoms with Crippen molar-refractivity contribution in [2.45, 2.75) is 90.0 Å². The van der Waals surface area contributed by atoms with Gasteiger partial charge in [-0.3, -0.25) is 19.4 Å². The van der Waals surface area contributed by atoms with Crippen molar-refractivity contribution in [3.05, 3.63) is 141 Å². The Hall–Kier alpha value is -6.73. The summed E-state index contributed by atoms with van der Waals surface area (Å²) in [6.45, 7) is 15.8. The van der Waals surface area contributed by atoms with Crippen molar-refractivity contribution in [3.63, 3.8) is 0 Å². The zero-order valence-corrected chi connectivity index (χ0v) is 44.5. The number of nitrogens with one attached hydrogen (secondary N) is 1. The highest BCUT2D eigenvalue weighted by molar-refractivity contribution is 6.31. The number of nitrogens with zero attached hydrogens (tertiary/aromatic N) is 6. The van der Waals surface area contributed by atoms with Crippen LogP contribution >= 0.6 is 23.2 Å². The van der Waals surface area contributed by atoms with Gasteiger partial charge in [-0.05, 0) is 124 Å². The standard InChI is InChI=1S/C28H33ClFN5O4.C27H32ClFN4O3/c1-28(2,3)39-27(38)34-16-22-14-33(13-18-4-9-21(30)10-5-18)15-23(17-34)35(22)25(36)11-7-19-6-8-20(29)12-24(19)32-26(31)37;1-27(2,3)36-26(35)32-16-22-14-31(13-18-4-9-21(29)10-5-18)15-23(17-32)33(22)25(34)11-7-19-6-8-20(28)12-24(19)30/h4-12,22-23H,13-17H2,1-3H3,(H3,31,32,37);4-12,22-23H,13-17,30H2,1-3H3/b2*11-7+. The summed E-state index contributed by atoms with van der Waals surface area (Å²) in [5, 5.41) is 3.46. The number of piperazine rings is 4. The Morgan fingerprint density at radius 2 is 0.960 bits per heavy atom. The van der Waals surface area contributed by atoms with Crippen LogP contribution in [0.15, 0.2) is 97.1 Å². The summed E-state index contributed by atoms with van der Waals surface area (Å²) in [7, 11) is 0. The van der Waals surface area contributed by atoms with E-state index in [4.69, 9.17) is 44.1 Å². The van der Waals surface area contributed by atoms with E-state index in [-0.39, 0.29) is 53.7 Å². The number of urea groups is 1. The third kappa shape index (κ3) is 15.7. The van der Waals surface area contributed by atoms with E-state index in [1.165, 1.54) is 36.4 Å². The summed E-state index contributed by atoms with van der Waals surface area (Å²) in [5.41, 5.74) is 14.2. The molecule has 0 spiro atoms. The molecule has 4 aliphatic heterocycles. The van der Waals surface area contributed by atoms with Crippen LogP contribution in [0.4, 0.5) is 34.5 Å². The lowest BCUT2D eigenvalue weighted by Crippen LogP contribution is -2.70. The van der Waals surface area contributed by atoms with Gasteiger partial charge in [0.15, 0.2) is 0 Å². The largest absolute Gasteiger partial charge is 0.444 e. The third-order valence-electron chi connectivity index (χ3n) is 12.8. The van der Waals surface area contributed by atoms with Crippen LogP contribution in [0.25, 0.3) is 12.2 Å². The summed E-state index contributed by atoms with van der Waals surface area (Å²) < 4.78 is 37.9. The molecular weight excluding hydrogens is 1010 g/mol. The first-order chi connectivity index (χ1) is 35.4. The summed E-state index contributed by atoms with van der Waals surface area (Å²) in [6, 6.07) is 21.1. The fourth-order valence-corrected chi connectivity index (χ4v) is 10.1. The first kappa shape index (κ1) is 56.0. The zero-order chi connectivity index (χ0) is 54.4. The highest BCUT2D eigenvalue weighted by Gasteiger charge is 2.46. The maximum absolute atomic E-state index is 13.5. The van der Waals surface area contributed by atoms with Crippen LogP contribution in [0.5, 0.6) is 0 Å². The molecule has 0 aliphatic carbocycles. The number of rotatable bonds is 9. The molecule has 4 unspecified atom stereocenters. The van der Waals surface area contributed by atoms with E-state index in [9.17, 15) is 32.8 Å². The highest BCUT2D eigenvalue weighted by Crippen LogP contribution is 2.30. The van der Waals surface area contributed by atoms with Gasteiger partial charge < -0.3 is 45.9 Å². The number of amides is 6. The molecule has 8 rings (SSSR count). The van der Waals surface area contributed by atoms with Gasteiger partial charge >= 0.3 is 18.2 Å². The number of carbonyl (C=O) groups excluding carboxylic acids is 5. The van der Waals surface area contributed by atoms with Crippen molar-refractivity contribution in [1.82, 2.24) is 29.4 Å². The second-order valence-corrected chi connectivity index (χ2v) is 22.1. The first-order valence-corrected chi connectivity index (χ1v) is 25.4. The Morgan fingerprint density at radius 3 is 1.33 bits per heavy atom. The quantitative estimate of drug-likeness (QED) is 0.108. The van der Waals surface area contributed by atoms with Crippen molar-refractivity contribution in [2.75, 3.05) is 63.4 Å². The Morgan fingerprint density at radius 1 is 0.587 bits per heavy atom. The number of ether oxygens (including phenoxy) is 2. The van der Waals surface area contributed by atoms with Crippen molar-refractivity contribution in [1.29, 1.82) is 0 Å². The molecule has 16 nitrogen and oxygen atoms in total. The number of carbonyl (C=O) groups is 5. The number of fused-ring (bicyclic) bond motifs is 4. The number of nitrogen functional groups attached to an aromatic ring is 1. The Labute approximate surface area is 446 Å². The number of hydrogen-bond donors (Lipinski definition) is 3. The zero-order valence-electron chi connectivity index (χ0n) is 43.0. The molecule has 6 amide bonds. The molecule has 400 valence electrons. The van der Waals surface area contributed by atoms with E-state index in [2.05, 4.69) is 15.1 Å². The molecule has 4 atom stereocenters. The SMILES string of the molecule is CC(C)(C)OC(=O)N1CC2CN(Cc3ccc(F)cc3)CC(C1)N2C(=O)/C=C/c1ccc(Cl)cc1N.CC(C)(C)OC(=O)N1CC2CN(Cc3ccc(F)cc3)CC(C1)N2C(=O)/C=C/c1ccc(Cl)cc1NC(N)=O. The Bertz CT molecular complexity index is 2760. The molecule has 4 bridgehead atoms. The summed E-state index contributed by atoms with van der Waals surface area (Å²) in [5.74, 6) is -0.910. The molecular formula is C55H65Cl2F2N9O7. The molecule has 0 radical (unpaired) electrons. The predicted octanol–water partition coefficient (Wildman–Crippen LogP) is 8.72. The molecule has 4 fully saturated rings. The summed E-state index contributed by atoms with van der Waals surface area (Å²) in [4.78, 5) is 75.4. The maximum atomic E-state index is 13.5. The first-order valence-electron chi connectivity index (χ1n) is 24.7. The van der Waals surface area contributed by atoms with Gasteiger partial charge in [0.2, 0.25) is 11.8 Å². The van der Waals surface area contributed by atoms with Gasteiger partial charge in [0, 0.05) is 93.3 Å². The second-order valence-electron chi connectivity index (χ2n) is 21.2. The highest BCUT2D eigenvalue weighted by atomic mass is 35.5. The fourth-order valence-electron chi connectivity index (χ4n) is 9.77. The van der Waals surface area contributed by atoms with Gasteiger partial charge in [-0.2, -0.15) is 0 Å². The number of primary amides is 1. The van der Waals surface area contributed by atoms with Crippen LogP contribution in [0.3, 0.4) is 0 Å². The number of hydrogen-bond acceptors (Lipinski definition) is 10. The molecule has 20 heteroatoms. The van der Waals surface area contributed by atoms with E-state index in [1.54, 1.807) is 82.6 Å². The minimum atomic E-state index is -0.743. The molecule has 4 heterocycles. The smallest absolute Gasteiger partial charge is 0.410 e. The van der Waals surface area contributed by atoms with Crippen molar-refractivity contribution < 1.29 is 42.2 Å². The van der Waals surface area contributed by atoms with E-state index >= 15 is 0 Å². The molecule has 5 N–H and O–H groups in total. The average Bonchev–Trinajstić information content (AvgIpc) is 3.30. The van der Waals surface area contributed by atoms with Gasteiger partial charge in [-0.1, -0.05) is 59.6 Å². The van der Waals surface area contributed by atoms with Gasteiger partial charge in [-0.25, -0.2) is 23.2 Å². The molecule has 4 aromatic rings. The van der Waals surface area contributed by atoms with Crippen molar-refractivity contribution >= 4 is 76.8 Å². The number of nitrogens with two attached hydrogens (primary N) is 2. The predicted molar refractivity (Wildman–Crippen MR) is 286 cm³/mol. The van der Waals surface area contributed by atoms with Crippen LogP contribution in [-0.4, -0.2) is 147 Å². The lowest BCUT2D eigenvalue weighted by Gasteiger charge is -2.52. The number of benzene rings is 4. The van der Waals surface area contributed by atoms with Gasteiger partial charge in [0.25, 0.3) is 0 Å². The molecule has 4 aliphatic rings.